The molecular formula is C17H15ClN2. The van der Waals surface area contributed by atoms with E-state index in [2.05, 4.69) is 47.2 Å². The minimum Gasteiger partial charge on any atom is -0.236 e. The zero-order chi connectivity index (χ0) is 13.9. The number of aromatic nitrogens is 2. The maximum absolute atomic E-state index is 6.23. The molecule has 3 rings (SSSR count). The molecule has 100 valence electrons. The molecule has 2 nitrogen and oxygen atoms in total. The number of rotatable bonds is 3. The van der Waals surface area contributed by atoms with Crippen LogP contribution in [0.2, 0.25) is 5.15 Å². The van der Waals surface area contributed by atoms with Gasteiger partial charge in [0.1, 0.15) is 11.5 Å². The van der Waals surface area contributed by atoms with Crippen molar-refractivity contribution in [2.24, 2.45) is 0 Å². The van der Waals surface area contributed by atoms with Crippen molar-refractivity contribution in [1.82, 2.24) is 9.97 Å². The number of fused-ring (bicyclic) bond motifs is 1. The summed E-state index contributed by atoms with van der Waals surface area (Å²) in [6.45, 7) is 2.13. The van der Waals surface area contributed by atoms with Crippen LogP contribution >= 0.6 is 11.6 Å². The van der Waals surface area contributed by atoms with Gasteiger partial charge in [0, 0.05) is 11.1 Å². The quantitative estimate of drug-likeness (QED) is 0.638. The Bertz CT molecular complexity index is 753. The van der Waals surface area contributed by atoms with Crippen molar-refractivity contribution < 1.29 is 0 Å². The lowest BCUT2D eigenvalue weighted by atomic mass is 10.0. The van der Waals surface area contributed by atoms with Crippen LogP contribution in [0.5, 0.6) is 0 Å². The largest absolute Gasteiger partial charge is 0.236 e. The van der Waals surface area contributed by atoms with Gasteiger partial charge in [-0.05, 0) is 23.3 Å². The number of hydrogen-bond donors (Lipinski definition) is 0. The van der Waals surface area contributed by atoms with E-state index in [1.54, 1.807) is 0 Å². The van der Waals surface area contributed by atoms with Crippen LogP contribution in [0, 0.1) is 0 Å². The van der Waals surface area contributed by atoms with Gasteiger partial charge >= 0.3 is 0 Å². The Morgan fingerprint density at radius 2 is 1.80 bits per heavy atom. The molecule has 3 aromatic rings. The zero-order valence-corrected chi connectivity index (χ0v) is 12.1. The number of nitrogens with zero attached hydrogens (tertiary/aromatic N) is 2. The van der Waals surface area contributed by atoms with Crippen molar-refractivity contribution in [1.29, 1.82) is 0 Å². The van der Waals surface area contributed by atoms with E-state index < -0.39 is 0 Å². The third-order valence-electron chi connectivity index (χ3n) is 3.42. The van der Waals surface area contributed by atoms with E-state index in [9.17, 15) is 0 Å². The van der Waals surface area contributed by atoms with Crippen LogP contribution in [-0.4, -0.2) is 9.97 Å². The van der Waals surface area contributed by atoms with Crippen LogP contribution in [0.15, 0.2) is 48.8 Å². The molecule has 3 heteroatoms. The molecule has 0 spiro atoms. The van der Waals surface area contributed by atoms with E-state index in [1.807, 2.05) is 12.1 Å². The molecule has 0 unspecified atom stereocenters. The van der Waals surface area contributed by atoms with Crippen molar-refractivity contribution in [2.45, 2.75) is 19.8 Å². The van der Waals surface area contributed by atoms with Crippen molar-refractivity contribution in [3.63, 3.8) is 0 Å². The number of halogens is 1. The van der Waals surface area contributed by atoms with Gasteiger partial charge in [0.05, 0.1) is 5.69 Å². The Morgan fingerprint density at radius 3 is 2.60 bits per heavy atom. The molecule has 0 saturated heterocycles. The fourth-order valence-corrected chi connectivity index (χ4v) is 2.68. The predicted molar refractivity (Wildman–Crippen MR) is 84.0 cm³/mol. The Kier molecular flexibility index (Phi) is 3.66. The SMILES string of the molecule is CCCc1c(Cl)ncnc1-c1ccc2ccccc2c1. The second-order valence-corrected chi connectivity index (χ2v) is 5.16. The molecule has 0 aliphatic carbocycles. The molecule has 0 radical (unpaired) electrons. The lowest BCUT2D eigenvalue weighted by Gasteiger charge is -2.10. The Hall–Kier alpha value is -1.93. The molecule has 1 aromatic heterocycles. The van der Waals surface area contributed by atoms with Gasteiger partial charge in [0.15, 0.2) is 0 Å². The Labute approximate surface area is 123 Å². The summed E-state index contributed by atoms with van der Waals surface area (Å²) in [6.07, 6.45) is 3.45. The van der Waals surface area contributed by atoms with E-state index >= 15 is 0 Å². The highest BCUT2D eigenvalue weighted by molar-refractivity contribution is 6.30. The maximum Gasteiger partial charge on any atom is 0.136 e. The first-order chi connectivity index (χ1) is 9.79. The molecule has 1 heterocycles. The summed E-state index contributed by atoms with van der Waals surface area (Å²) < 4.78 is 0. The summed E-state index contributed by atoms with van der Waals surface area (Å²) in [5, 5.41) is 3.00. The lowest BCUT2D eigenvalue weighted by Crippen LogP contribution is -1.96. The van der Waals surface area contributed by atoms with Crippen molar-refractivity contribution in [3.8, 4) is 11.3 Å². The number of hydrogen-bond acceptors (Lipinski definition) is 2. The summed E-state index contributed by atoms with van der Waals surface area (Å²) in [4.78, 5) is 8.54. The van der Waals surface area contributed by atoms with Gasteiger partial charge in [0.2, 0.25) is 0 Å². The second kappa shape index (κ2) is 5.59. The highest BCUT2D eigenvalue weighted by Gasteiger charge is 2.11. The summed E-state index contributed by atoms with van der Waals surface area (Å²) in [5.41, 5.74) is 3.07. The molecule has 20 heavy (non-hydrogen) atoms. The van der Waals surface area contributed by atoms with Gasteiger partial charge in [-0.2, -0.15) is 0 Å². The first kappa shape index (κ1) is 13.1. The highest BCUT2D eigenvalue weighted by atomic mass is 35.5. The van der Waals surface area contributed by atoms with Gasteiger partial charge in [-0.3, -0.25) is 0 Å². The lowest BCUT2D eigenvalue weighted by molar-refractivity contribution is 0.904. The van der Waals surface area contributed by atoms with Crippen LogP contribution < -0.4 is 0 Å². The number of benzene rings is 2. The summed E-state index contributed by atoms with van der Waals surface area (Å²) in [7, 11) is 0. The van der Waals surface area contributed by atoms with Crippen LogP contribution in [0.1, 0.15) is 18.9 Å². The molecule has 0 saturated carbocycles. The summed E-state index contributed by atoms with van der Waals surface area (Å²) in [5.74, 6) is 0. The normalized spacial score (nSPS) is 10.9. The molecule has 0 amide bonds. The average molecular weight is 283 g/mol. The predicted octanol–water partition coefficient (Wildman–Crippen LogP) is 4.90. The van der Waals surface area contributed by atoms with Crippen LogP contribution in [0.4, 0.5) is 0 Å². The van der Waals surface area contributed by atoms with Gasteiger partial charge < -0.3 is 0 Å². The maximum atomic E-state index is 6.23. The summed E-state index contributed by atoms with van der Waals surface area (Å²) >= 11 is 6.23. The van der Waals surface area contributed by atoms with Crippen molar-refractivity contribution in [2.75, 3.05) is 0 Å². The summed E-state index contributed by atoms with van der Waals surface area (Å²) in [6, 6.07) is 14.7. The van der Waals surface area contributed by atoms with Gasteiger partial charge in [0.25, 0.3) is 0 Å². The van der Waals surface area contributed by atoms with Gasteiger partial charge in [-0.25, -0.2) is 9.97 Å². The Balaban J connectivity index is 2.17. The fourth-order valence-electron chi connectivity index (χ4n) is 2.45. The highest BCUT2D eigenvalue weighted by Crippen LogP contribution is 2.29. The molecule has 2 aromatic carbocycles. The second-order valence-electron chi connectivity index (χ2n) is 4.80. The minimum atomic E-state index is 0.560. The third-order valence-corrected chi connectivity index (χ3v) is 3.74. The average Bonchev–Trinajstić information content (AvgIpc) is 2.49. The van der Waals surface area contributed by atoms with Gasteiger partial charge in [-0.1, -0.05) is 61.3 Å². The molecular weight excluding hydrogens is 268 g/mol. The van der Waals surface area contributed by atoms with Crippen LogP contribution in [0.3, 0.4) is 0 Å². The van der Waals surface area contributed by atoms with E-state index in [0.717, 1.165) is 29.7 Å². The van der Waals surface area contributed by atoms with Gasteiger partial charge in [-0.15, -0.1) is 0 Å². The monoisotopic (exact) mass is 282 g/mol. The first-order valence-corrected chi connectivity index (χ1v) is 7.16. The van der Waals surface area contributed by atoms with E-state index in [0.29, 0.717) is 5.15 Å². The third kappa shape index (κ3) is 2.39. The van der Waals surface area contributed by atoms with Crippen molar-refractivity contribution >= 4 is 22.4 Å². The van der Waals surface area contributed by atoms with E-state index in [-0.39, 0.29) is 0 Å². The zero-order valence-electron chi connectivity index (χ0n) is 11.3. The molecule has 0 fully saturated rings. The fraction of sp³-hybridized carbons (Fsp3) is 0.176. The molecule has 0 aliphatic rings. The van der Waals surface area contributed by atoms with E-state index in [4.69, 9.17) is 11.6 Å². The van der Waals surface area contributed by atoms with Crippen LogP contribution in [-0.2, 0) is 6.42 Å². The Morgan fingerprint density at radius 1 is 1.00 bits per heavy atom. The smallest absolute Gasteiger partial charge is 0.136 e. The molecule has 0 atom stereocenters. The molecule has 0 bridgehead atoms. The first-order valence-electron chi connectivity index (χ1n) is 6.78. The standard InChI is InChI=1S/C17H15ClN2/c1-2-5-15-16(19-11-20-17(15)18)14-9-8-12-6-3-4-7-13(12)10-14/h3-4,6-11H,2,5H2,1H3. The van der Waals surface area contributed by atoms with E-state index in [1.165, 1.54) is 17.1 Å². The topological polar surface area (TPSA) is 25.8 Å². The minimum absolute atomic E-state index is 0.560. The van der Waals surface area contributed by atoms with Crippen LogP contribution in [0.25, 0.3) is 22.0 Å². The molecule has 0 aliphatic heterocycles. The molecule has 0 N–H and O–H groups in total. The van der Waals surface area contributed by atoms with Crippen molar-refractivity contribution in [3.05, 3.63) is 59.5 Å².